The number of aromatic nitrogens is 5. The molecule has 6 atom stereocenters. The van der Waals surface area contributed by atoms with Crippen molar-refractivity contribution in [2.75, 3.05) is 6.61 Å². The summed E-state index contributed by atoms with van der Waals surface area (Å²) in [5.41, 5.74) is -2.19. The Morgan fingerprint density at radius 1 is 0.898 bits per heavy atom. The number of aliphatic hydroxyl groups excluding tert-OH is 2. The lowest BCUT2D eigenvalue weighted by Gasteiger charge is -2.41. The highest BCUT2D eigenvalue weighted by Gasteiger charge is 2.55. The van der Waals surface area contributed by atoms with Gasteiger partial charge in [-0.3, -0.25) is 4.68 Å². The molecule has 2 fully saturated rings. The lowest BCUT2D eigenvalue weighted by molar-refractivity contribution is -0.196. The molecule has 17 heteroatoms. The summed E-state index contributed by atoms with van der Waals surface area (Å²) in [6, 6.07) is 8.26. The van der Waals surface area contributed by atoms with Crippen molar-refractivity contribution in [1.29, 1.82) is 0 Å². The predicted molar refractivity (Wildman–Crippen MR) is 157 cm³/mol. The Kier molecular flexibility index (Phi) is 8.26. The quantitative estimate of drug-likeness (QED) is 0.167. The number of halogens is 8. The van der Waals surface area contributed by atoms with Crippen molar-refractivity contribution in [1.82, 2.24) is 24.5 Å². The van der Waals surface area contributed by atoms with Gasteiger partial charge in [-0.1, -0.05) is 23.7 Å². The molecule has 5 aromatic rings. The van der Waals surface area contributed by atoms with E-state index in [0.29, 0.717) is 12.1 Å². The number of alkyl halides is 3. The Labute approximate surface area is 277 Å². The number of rotatable bonds is 5. The molecule has 49 heavy (non-hydrogen) atoms. The molecule has 7 rings (SSSR count). The largest absolute Gasteiger partial charge is 0.418 e. The van der Waals surface area contributed by atoms with E-state index in [1.165, 1.54) is 31.3 Å². The van der Waals surface area contributed by atoms with Crippen LogP contribution in [0.15, 0.2) is 60.8 Å². The first-order valence-corrected chi connectivity index (χ1v) is 15.0. The number of nitrogens with zero attached hydrogens (tertiary/aromatic N) is 5. The van der Waals surface area contributed by atoms with Crippen molar-refractivity contribution in [3.05, 3.63) is 106 Å². The molecule has 3 aromatic carbocycles. The Hall–Kier alpha value is -4.35. The maximum absolute atomic E-state index is 15.1. The third-order valence-electron chi connectivity index (χ3n) is 8.41. The minimum Gasteiger partial charge on any atom is -0.388 e. The van der Waals surface area contributed by atoms with E-state index in [0.717, 1.165) is 33.6 Å². The zero-order valence-corrected chi connectivity index (χ0v) is 25.7. The first-order chi connectivity index (χ1) is 23.2. The molecule has 2 aliphatic heterocycles. The van der Waals surface area contributed by atoms with Gasteiger partial charge in [0.25, 0.3) is 0 Å². The van der Waals surface area contributed by atoms with Gasteiger partial charge in [0, 0.05) is 22.3 Å². The second-order valence-corrected chi connectivity index (χ2v) is 12.0. The molecule has 256 valence electrons. The van der Waals surface area contributed by atoms with Crippen LogP contribution in [-0.2, 0) is 15.7 Å². The fourth-order valence-electron chi connectivity index (χ4n) is 6.25. The van der Waals surface area contributed by atoms with Crippen LogP contribution in [0.2, 0.25) is 5.02 Å². The molecule has 0 spiro atoms. The van der Waals surface area contributed by atoms with Gasteiger partial charge in [-0.05, 0) is 55.0 Å². The molecule has 2 aliphatic rings. The zero-order chi connectivity index (χ0) is 34.9. The molecular formula is C32H23ClF7N5O4. The summed E-state index contributed by atoms with van der Waals surface area (Å²) in [5, 5.41) is 31.3. The van der Waals surface area contributed by atoms with E-state index < -0.39 is 77.3 Å². The Balaban J connectivity index is 1.40. The normalized spacial score (nSPS) is 24.0. The molecular weight excluding hydrogens is 687 g/mol. The second kappa shape index (κ2) is 12.2. The van der Waals surface area contributed by atoms with E-state index in [4.69, 9.17) is 21.1 Å². The smallest absolute Gasteiger partial charge is 0.388 e. The number of hydrogen-bond acceptors (Lipinski definition) is 7. The Morgan fingerprint density at radius 2 is 1.61 bits per heavy atom. The van der Waals surface area contributed by atoms with Gasteiger partial charge in [0.05, 0.1) is 17.9 Å². The topological polar surface area (TPSA) is 107 Å². The number of hydrogen-bond donors (Lipinski definition) is 2. The molecule has 2 N–H and O–H groups in total. The van der Waals surface area contributed by atoms with Crippen LogP contribution < -0.4 is 0 Å². The van der Waals surface area contributed by atoms with Crippen molar-refractivity contribution in [2.45, 2.75) is 49.7 Å². The standard InChI is InChI=1S/C32H23ClF7N5O4/c1-13-41-31(45(42-13)22-10-15(33)6-7-18(22)32(38,39)40)30-27(47)26(29-28(49-30)23(46)12-48-29)44-11-17(14-8-20(35)24(37)21(36)9-14)25(43-44)16-4-2-3-5-19(16)34/h2-11,23,26-30,46-47H,12H2,1H3/t23?,26?,27?,28?,29-,30-/m1/s1. The van der Waals surface area contributed by atoms with Crippen LogP contribution in [-0.4, -0.2) is 65.8 Å². The number of fused-ring (bicyclic) bond motifs is 1. The van der Waals surface area contributed by atoms with Gasteiger partial charge >= 0.3 is 6.18 Å². The van der Waals surface area contributed by atoms with Gasteiger partial charge in [0.15, 0.2) is 23.3 Å². The summed E-state index contributed by atoms with van der Waals surface area (Å²) in [6.45, 7) is 1.13. The monoisotopic (exact) mass is 709 g/mol. The molecule has 0 saturated carbocycles. The fraction of sp³-hybridized carbons (Fsp3) is 0.281. The van der Waals surface area contributed by atoms with Crippen LogP contribution in [0.4, 0.5) is 30.7 Å². The highest BCUT2D eigenvalue weighted by atomic mass is 35.5. The third-order valence-corrected chi connectivity index (χ3v) is 8.65. The molecule has 0 radical (unpaired) electrons. The van der Waals surface area contributed by atoms with Crippen molar-refractivity contribution < 1.29 is 50.4 Å². The van der Waals surface area contributed by atoms with Crippen LogP contribution in [0.5, 0.6) is 0 Å². The van der Waals surface area contributed by atoms with Gasteiger partial charge in [0.1, 0.15) is 53.9 Å². The Morgan fingerprint density at radius 3 is 2.31 bits per heavy atom. The highest BCUT2D eigenvalue weighted by molar-refractivity contribution is 6.30. The van der Waals surface area contributed by atoms with E-state index in [1.807, 2.05) is 0 Å². The van der Waals surface area contributed by atoms with Gasteiger partial charge in [-0.15, -0.1) is 0 Å². The number of aryl methyl sites for hydroxylation is 1. The minimum absolute atomic E-state index is 0.00405. The number of aliphatic hydroxyl groups is 2. The van der Waals surface area contributed by atoms with E-state index in [9.17, 15) is 36.6 Å². The maximum atomic E-state index is 15.1. The Bertz CT molecular complexity index is 2050. The average molecular weight is 710 g/mol. The van der Waals surface area contributed by atoms with Gasteiger partial charge in [0.2, 0.25) is 0 Å². The molecule has 9 nitrogen and oxygen atoms in total. The molecule has 2 aromatic heterocycles. The number of ether oxygens (including phenoxy) is 2. The zero-order valence-electron chi connectivity index (χ0n) is 24.9. The van der Waals surface area contributed by atoms with E-state index in [2.05, 4.69) is 15.2 Å². The molecule has 0 bridgehead atoms. The minimum atomic E-state index is -4.85. The fourth-order valence-corrected chi connectivity index (χ4v) is 6.42. The average Bonchev–Trinajstić information content (AvgIpc) is 3.75. The predicted octanol–water partition coefficient (Wildman–Crippen LogP) is 6.14. The molecule has 2 saturated heterocycles. The summed E-state index contributed by atoms with van der Waals surface area (Å²) in [4.78, 5) is 4.27. The van der Waals surface area contributed by atoms with Crippen molar-refractivity contribution in [2.24, 2.45) is 0 Å². The van der Waals surface area contributed by atoms with Crippen LogP contribution in [0.1, 0.15) is 29.4 Å². The van der Waals surface area contributed by atoms with Crippen molar-refractivity contribution >= 4 is 11.6 Å². The summed E-state index contributed by atoms with van der Waals surface area (Å²) < 4.78 is 114. The number of benzene rings is 3. The van der Waals surface area contributed by atoms with Crippen LogP contribution in [0, 0.1) is 30.2 Å². The van der Waals surface area contributed by atoms with E-state index in [1.54, 1.807) is 0 Å². The first-order valence-electron chi connectivity index (χ1n) is 14.7. The van der Waals surface area contributed by atoms with Crippen LogP contribution >= 0.6 is 11.6 Å². The highest BCUT2D eigenvalue weighted by Crippen LogP contribution is 2.45. The van der Waals surface area contributed by atoms with E-state index >= 15 is 4.39 Å². The molecule has 0 aliphatic carbocycles. The van der Waals surface area contributed by atoms with Crippen molar-refractivity contribution in [3.63, 3.8) is 0 Å². The summed E-state index contributed by atoms with van der Waals surface area (Å²) in [6.07, 6.45) is -10.6. The lowest BCUT2D eigenvalue weighted by Crippen LogP contribution is -2.52. The third kappa shape index (κ3) is 5.76. The summed E-state index contributed by atoms with van der Waals surface area (Å²) >= 11 is 6.08. The molecule has 4 heterocycles. The molecule has 4 unspecified atom stereocenters. The summed E-state index contributed by atoms with van der Waals surface area (Å²) in [7, 11) is 0. The lowest BCUT2D eigenvalue weighted by atomic mass is 9.91. The van der Waals surface area contributed by atoms with Gasteiger partial charge in [-0.2, -0.15) is 23.4 Å². The first kappa shape index (κ1) is 33.2. The van der Waals surface area contributed by atoms with Crippen molar-refractivity contribution in [3.8, 4) is 28.1 Å². The van der Waals surface area contributed by atoms with E-state index in [-0.39, 0.29) is 45.7 Å². The molecule has 0 amide bonds. The van der Waals surface area contributed by atoms with Crippen LogP contribution in [0.3, 0.4) is 0 Å². The second-order valence-electron chi connectivity index (χ2n) is 11.6. The van der Waals surface area contributed by atoms with Gasteiger partial charge < -0.3 is 19.7 Å². The summed E-state index contributed by atoms with van der Waals surface area (Å²) in [5.74, 6) is -5.82. The van der Waals surface area contributed by atoms with Crippen LogP contribution in [0.25, 0.3) is 28.1 Å². The maximum Gasteiger partial charge on any atom is 0.418 e. The van der Waals surface area contributed by atoms with Gasteiger partial charge in [-0.25, -0.2) is 27.2 Å². The SMILES string of the molecule is Cc1nc([C@@H]2OC3C(O)CO[C@@H]3C(n3cc(-c4cc(F)c(F)c(F)c4)c(-c4ccccc4F)n3)C2O)n(-c2cc(Cl)ccc2C(F)(F)F)n1.